The molecule has 1 aromatic carbocycles. The minimum Gasteiger partial charge on any atom is -0.393 e. The molecule has 3 heteroatoms. The van der Waals surface area contributed by atoms with Crippen LogP contribution >= 0.6 is 0 Å². The highest BCUT2D eigenvalue weighted by molar-refractivity contribution is 5.95. The molecule has 2 rings (SSSR count). The zero-order valence-corrected chi connectivity index (χ0v) is 11.4. The molecule has 0 amide bonds. The zero-order valence-electron chi connectivity index (χ0n) is 11.4. The van der Waals surface area contributed by atoms with Crippen LogP contribution in [0.3, 0.4) is 0 Å². The third-order valence-corrected chi connectivity index (χ3v) is 3.26. The Morgan fingerprint density at radius 2 is 1.67 bits per heavy atom. The smallest absolute Gasteiger partial charge is 0.318 e. The number of ether oxygens (including phenoxy) is 1. The number of rotatable bonds is 2. The molecule has 1 fully saturated rings. The van der Waals surface area contributed by atoms with Crippen LogP contribution < -0.4 is 0 Å². The van der Waals surface area contributed by atoms with Gasteiger partial charge >= 0.3 is 11.9 Å². The molecule has 0 spiro atoms. The average Bonchev–Trinajstić information content (AvgIpc) is 2.73. The molecule has 1 aliphatic heterocycles. The fourth-order valence-corrected chi connectivity index (χ4v) is 2.09. The maximum absolute atomic E-state index is 11.6. The molecular weight excluding hydrogens is 228 g/mol. The van der Waals surface area contributed by atoms with E-state index in [1.165, 1.54) is 0 Å². The van der Waals surface area contributed by atoms with Gasteiger partial charge in [-0.05, 0) is 5.56 Å². The van der Waals surface area contributed by atoms with Crippen LogP contribution in [-0.2, 0) is 19.7 Å². The molecular formula is C15H20O3. The molecule has 0 aliphatic carbocycles. The third-order valence-electron chi connectivity index (χ3n) is 3.26. The first-order valence-corrected chi connectivity index (χ1v) is 6.32. The molecule has 3 nitrogen and oxygen atoms in total. The third kappa shape index (κ3) is 2.78. The molecule has 0 bridgehead atoms. The van der Waals surface area contributed by atoms with E-state index in [4.69, 9.17) is 0 Å². The fraction of sp³-hybridized carbons (Fsp3) is 0.467. The summed E-state index contributed by atoms with van der Waals surface area (Å²) in [7, 11) is 0. The Morgan fingerprint density at radius 1 is 1.11 bits per heavy atom. The highest BCUT2D eigenvalue weighted by Gasteiger charge is 2.44. The minimum atomic E-state index is -0.418. The van der Waals surface area contributed by atoms with Gasteiger partial charge in [-0.2, -0.15) is 0 Å². The van der Waals surface area contributed by atoms with Crippen molar-refractivity contribution in [2.75, 3.05) is 0 Å². The van der Waals surface area contributed by atoms with Crippen LogP contribution in [0, 0.1) is 5.92 Å². The number of carbonyl (C=O) groups is 2. The first kappa shape index (κ1) is 14.4. The van der Waals surface area contributed by atoms with Crippen LogP contribution in [0.2, 0.25) is 0 Å². The summed E-state index contributed by atoms with van der Waals surface area (Å²) in [5.41, 5.74) is 0.677. The van der Waals surface area contributed by atoms with Crippen molar-refractivity contribution < 1.29 is 14.3 Å². The summed E-state index contributed by atoms with van der Waals surface area (Å²) in [6.45, 7) is 7.93. The number of carbonyl (C=O) groups excluding carboxylic acids is 2. The van der Waals surface area contributed by atoms with Crippen molar-refractivity contribution in [2.24, 2.45) is 5.92 Å². The molecule has 98 valence electrons. The van der Waals surface area contributed by atoms with E-state index in [0.717, 1.165) is 5.56 Å². The van der Waals surface area contributed by atoms with E-state index >= 15 is 0 Å². The Labute approximate surface area is 108 Å². The fourth-order valence-electron chi connectivity index (χ4n) is 2.09. The van der Waals surface area contributed by atoms with Gasteiger partial charge in [0.15, 0.2) is 0 Å². The molecule has 1 unspecified atom stereocenters. The number of esters is 2. The average molecular weight is 248 g/mol. The van der Waals surface area contributed by atoms with E-state index in [9.17, 15) is 9.59 Å². The minimum absolute atomic E-state index is 0.181. The predicted octanol–water partition coefficient (Wildman–Crippen LogP) is 3.08. The second-order valence-corrected chi connectivity index (χ2v) is 4.64. The first-order valence-electron chi connectivity index (χ1n) is 6.32. The lowest BCUT2D eigenvalue weighted by atomic mass is 9.73. The van der Waals surface area contributed by atoms with Crippen molar-refractivity contribution in [1.82, 2.24) is 0 Å². The normalized spacial score (nSPS) is 19.0. The SMILES string of the molecule is CC.CC(C)(c1ccccc1)C1CC(=O)OC1=O. The van der Waals surface area contributed by atoms with Crippen LogP contribution in [0.5, 0.6) is 0 Å². The van der Waals surface area contributed by atoms with Gasteiger partial charge in [0, 0.05) is 5.41 Å². The number of hydrogen-bond donors (Lipinski definition) is 0. The molecule has 1 aromatic rings. The van der Waals surface area contributed by atoms with Crippen LogP contribution in [0.4, 0.5) is 0 Å². The van der Waals surface area contributed by atoms with Gasteiger partial charge in [-0.1, -0.05) is 58.0 Å². The molecule has 1 saturated heterocycles. The largest absolute Gasteiger partial charge is 0.393 e. The van der Waals surface area contributed by atoms with Crippen molar-refractivity contribution in [2.45, 2.75) is 39.5 Å². The van der Waals surface area contributed by atoms with Crippen molar-refractivity contribution in [3.8, 4) is 0 Å². The van der Waals surface area contributed by atoms with Gasteiger partial charge in [0.05, 0.1) is 12.3 Å². The van der Waals surface area contributed by atoms with Gasteiger partial charge < -0.3 is 4.74 Å². The summed E-state index contributed by atoms with van der Waals surface area (Å²) < 4.78 is 4.60. The molecule has 1 atom stereocenters. The standard InChI is InChI=1S/C13H14O3.C2H6/c1-13(2,9-6-4-3-5-7-9)10-8-11(14)16-12(10)15;1-2/h3-7,10H,8H2,1-2H3;1-2H3. The predicted molar refractivity (Wildman–Crippen MR) is 70.0 cm³/mol. The lowest BCUT2D eigenvalue weighted by molar-refractivity contribution is -0.153. The highest BCUT2D eigenvalue weighted by atomic mass is 16.6. The maximum Gasteiger partial charge on any atom is 0.318 e. The summed E-state index contributed by atoms with van der Waals surface area (Å²) in [4.78, 5) is 22.7. The second kappa shape index (κ2) is 5.80. The van der Waals surface area contributed by atoms with E-state index in [1.54, 1.807) is 0 Å². The quantitative estimate of drug-likeness (QED) is 0.596. The number of cyclic esters (lactones) is 2. The zero-order chi connectivity index (χ0) is 13.8. The van der Waals surface area contributed by atoms with E-state index < -0.39 is 11.9 Å². The van der Waals surface area contributed by atoms with Crippen LogP contribution in [0.1, 0.15) is 39.7 Å². The Hall–Kier alpha value is -1.64. The second-order valence-electron chi connectivity index (χ2n) is 4.64. The van der Waals surface area contributed by atoms with Gasteiger partial charge in [0.2, 0.25) is 0 Å². The summed E-state index contributed by atoms with van der Waals surface area (Å²) in [5, 5.41) is 0. The van der Waals surface area contributed by atoms with Crippen molar-refractivity contribution in [3.05, 3.63) is 35.9 Å². The number of hydrogen-bond acceptors (Lipinski definition) is 3. The van der Waals surface area contributed by atoms with E-state index in [2.05, 4.69) is 4.74 Å². The summed E-state index contributed by atoms with van der Waals surface area (Å²) >= 11 is 0. The lowest BCUT2D eigenvalue weighted by Gasteiger charge is -2.28. The first-order chi connectivity index (χ1) is 8.51. The molecule has 0 radical (unpaired) electrons. The van der Waals surface area contributed by atoms with Crippen molar-refractivity contribution in [3.63, 3.8) is 0 Å². The molecule has 1 heterocycles. The van der Waals surface area contributed by atoms with Gasteiger partial charge in [0.1, 0.15) is 0 Å². The van der Waals surface area contributed by atoms with E-state index in [1.807, 2.05) is 58.0 Å². The van der Waals surface area contributed by atoms with Crippen LogP contribution in [-0.4, -0.2) is 11.9 Å². The van der Waals surface area contributed by atoms with Gasteiger partial charge in [0.25, 0.3) is 0 Å². The van der Waals surface area contributed by atoms with Crippen molar-refractivity contribution in [1.29, 1.82) is 0 Å². The molecule has 1 aliphatic rings. The summed E-state index contributed by atoms with van der Waals surface area (Å²) in [5.74, 6) is -1.19. The topological polar surface area (TPSA) is 43.4 Å². The number of benzene rings is 1. The Balaban J connectivity index is 0.000000771. The Bertz CT molecular complexity index is 421. The Kier molecular flexibility index (Phi) is 4.65. The Morgan fingerprint density at radius 3 is 2.11 bits per heavy atom. The van der Waals surface area contributed by atoms with Crippen LogP contribution in [0.25, 0.3) is 0 Å². The van der Waals surface area contributed by atoms with Gasteiger partial charge in [-0.25, -0.2) is 0 Å². The maximum atomic E-state index is 11.6. The molecule has 0 N–H and O–H groups in total. The van der Waals surface area contributed by atoms with Gasteiger partial charge in [-0.3, -0.25) is 9.59 Å². The van der Waals surface area contributed by atoms with Crippen LogP contribution in [0.15, 0.2) is 30.3 Å². The van der Waals surface area contributed by atoms with E-state index in [-0.39, 0.29) is 17.8 Å². The monoisotopic (exact) mass is 248 g/mol. The van der Waals surface area contributed by atoms with Gasteiger partial charge in [-0.15, -0.1) is 0 Å². The highest BCUT2D eigenvalue weighted by Crippen LogP contribution is 2.37. The molecule has 0 aromatic heterocycles. The summed E-state index contributed by atoms with van der Waals surface area (Å²) in [6, 6.07) is 9.72. The van der Waals surface area contributed by atoms with E-state index in [0.29, 0.717) is 0 Å². The summed E-state index contributed by atoms with van der Waals surface area (Å²) in [6.07, 6.45) is 0.181. The molecule has 0 saturated carbocycles. The molecule has 18 heavy (non-hydrogen) atoms. The lowest BCUT2D eigenvalue weighted by Crippen LogP contribution is -2.31. The van der Waals surface area contributed by atoms with Crippen molar-refractivity contribution >= 4 is 11.9 Å².